The average Bonchev–Trinajstić information content (AvgIpc) is 2.88. The molecule has 1 amide bonds. The van der Waals surface area contributed by atoms with Crippen LogP contribution in [-0.4, -0.2) is 33.4 Å². The largest absolute Gasteiger partial charge is 0.394 e. The van der Waals surface area contributed by atoms with Crippen molar-refractivity contribution in [3.63, 3.8) is 0 Å². The summed E-state index contributed by atoms with van der Waals surface area (Å²) in [4.78, 5) is 12.6. The summed E-state index contributed by atoms with van der Waals surface area (Å²) in [5, 5.41) is 17.2. The molecule has 1 aromatic heterocycles. The van der Waals surface area contributed by atoms with Crippen molar-refractivity contribution in [1.29, 1.82) is 0 Å². The lowest BCUT2D eigenvalue weighted by Gasteiger charge is -2.18. The lowest BCUT2D eigenvalue weighted by atomic mass is 10.0. The standard InChI is InChI=1S/C17H22ClN3O2/c1-11(2)8-12(10-22)19-17(23)14-9-21(3)20-16(14)13-6-4-5-7-15(13)18/h4-7,9,11-12,22H,8,10H2,1-3H3,(H,19,23). The van der Waals surface area contributed by atoms with E-state index in [0.717, 1.165) is 0 Å². The molecule has 1 unspecified atom stereocenters. The third-order valence-electron chi connectivity index (χ3n) is 3.51. The van der Waals surface area contributed by atoms with Crippen LogP contribution in [0.15, 0.2) is 30.5 Å². The van der Waals surface area contributed by atoms with Crippen LogP contribution in [0.3, 0.4) is 0 Å². The van der Waals surface area contributed by atoms with Crippen LogP contribution in [0.2, 0.25) is 5.02 Å². The number of nitrogens with zero attached hydrogens (tertiary/aromatic N) is 2. The van der Waals surface area contributed by atoms with Gasteiger partial charge in [-0.3, -0.25) is 9.48 Å². The van der Waals surface area contributed by atoms with E-state index in [-0.39, 0.29) is 18.6 Å². The molecule has 0 fully saturated rings. The molecule has 1 atom stereocenters. The first-order valence-corrected chi connectivity index (χ1v) is 8.00. The quantitative estimate of drug-likeness (QED) is 0.853. The van der Waals surface area contributed by atoms with Gasteiger partial charge in [0.1, 0.15) is 5.69 Å². The highest BCUT2D eigenvalue weighted by molar-refractivity contribution is 6.33. The number of carbonyl (C=O) groups is 1. The number of aliphatic hydroxyl groups excluding tert-OH is 1. The van der Waals surface area contributed by atoms with Gasteiger partial charge in [-0.15, -0.1) is 0 Å². The molecule has 0 aliphatic carbocycles. The zero-order chi connectivity index (χ0) is 17.0. The Morgan fingerprint density at radius 3 is 2.70 bits per heavy atom. The van der Waals surface area contributed by atoms with Gasteiger partial charge in [-0.25, -0.2) is 0 Å². The van der Waals surface area contributed by atoms with Crippen LogP contribution in [-0.2, 0) is 7.05 Å². The van der Waals surface area contributed by atoms with E-state index in [1.54, 1.807) is 24.0 Å². The fourth-order valence-electron chi connectivity index (χ4n) is 2.52. The summed E-state index contributed by atoms with van der Waals surface area (Å²) in [6, 6.07) is 7.01. The molecule has 5 nitrogen and oxygen atoms in total. The summed E-state index contributed by atoms with van der Waals surface area (Å²) in [7, 11) is 1.76. The van der Waals surface area contributed by atoms with E-state index >= 15 is 0 Å². The van der Waals surface area contributed by atoms with Crippen LogP contribution in [0.4, 0.5) is 0 Å². The van der Waals surface area contributed by atoms with Crippen molar-refractivity contribution in [2.75, 3.05) is 6.61 Å². The van der Waals surface area contributed by atoms with Gasteiger partial charge in [0.05, 0.1) is 23.2 Å². The number of amides is 1. The van der Waals surface area contributed by atoms with Crippen molar-refractivity contribution in [2.45, 2.75) is 26.3 Å². The van der Waals surface area contributed by atoms with E-state index < -0.39 is 0 Å². The fraction of sp³-hybridized carbons (Fsp3) is 0.412. The minimum atomic E-state index is -0.276. The van der Waals surface area contributed by atoms with Gasteiger partial charge in [-0.05, 0) is 18.4 Å². The molecule has 0 bridgehead atoms. The summed E-state index contributed by atoms with van der Waals surface area (Å²) in [6.45, 7) is 4.01. The molecule has 2 N–H and O–H groups in total. The van der Waals surface area contributed by atoms with Gasteiger partial charge in [0.15, 0.2) is 0 Å². The molecular formula is C17H22ClN3O2. The van der Waals surface area contributed by atoms with Crippen molar-refractivity contribution in [1.82, 2.24) is 15.1 Å². The number of rotatable bonds is 6. The Labute approximate surface area is 141 Å². The van der Waals surface area contributed by atoms with Crippen LogP contribution in [0, 0.1) is 5.92 Å². The van der Waals surface area contributed by atoms with Gasteiger partial charge < -0.3 is 10.4 Å². The SMILES string of the molecule is CC(C)CC(CO)NC(=O)c1cn(C)nc1-c1ccccc1Cl. The lowest BCUT2D eigenvalue weighted by Crippen LogP contribution is -2.38. The summed E-state index contributed by atoms with van der Waals surface area (Å²) in [6.07, 6.45) is 2.38. The van der Waals surface area contributed by atoms with E-state index in [1.807, 2.05) is 32.0 Å². The molecule has 2 aromatic rings. The second-order valence-corrected chi connectivity index (χ2v) is 6.43. The molecule has 1 heterocycles. The Morgan fingerprint density at radius 2 is 2.09 bits per heavy atom. The Hall–Kier alpha value is -1.85. The van der Waals surface area contributed by atoms with E-state index in [4.69, 9.17) is 11.6 Å². The zero-order valence-corrected chi connectivity index (χ0v) is 14.3. The van der Waals surface area contributed by atoms with Crippen molar-refractivity contribution in [3.8, 4) is 11.3 Å². The molecule has 124 valence electrons. The Morgan fingerprint density at radius 1 is 1.39 bits per heavy atom. The van der Waals surface area contributed by atoms with Gasteiger partial charge in [0, 0.05) is 18.8 Å². The number of nitrogens with one attached hydrogen (secondary N) is 1. The first kappa shape index (κ1) is 17.5. The van der Waals surface area contributed by atoms with Gasteiger partial charge >= 0.3 is 0 Å². The lowest BCUT2D eigenvalue weighted by molar-refractivity contribution is 0.0909. The van der Waals surface area contributed by atoms with Gasteiger partial charge in [0.2, 0.25) is 0 Å². The molecule has 0 aliphatic heterocycles. The van der Waals surface area contributed by atoms with Crippen molar-refractivity contribution >= 4 is 17.5 Å². The number of aliphatic hydroxyl groups is 1. The predicted octanol–water partition coefficient (Wildman–Crippen LogP) is 2.88. The first-order chi connectivity index (χ1) is 10.9. The highest BCUT2D eigenvalue weighted by Gasteiger charge is 2.21. The third-order valence-corrected chi connectivity index (χ3v) is 3.84. The number of hydrogen-bond donors (Lipinski definition) is 2. The van der Waals surface area contributed by atoms with E-state index in [9.17, 15) is 9.90 Å². The summed E-state index contributed by atoms with van der Waals surface area (Å²) in [5.74, 6) is 0.122. The smallest absolute Gasteiger partial charge is 0.255 e. The van der Waals surface area contributed by atoms with E-state index in [0.29, 0.717) is 34.2 Å². The van der Waals surface area contributed by atoms with E-state index in [1.165, 1.54) is 0 Å². The highest BCUT2D eigenvalue weighted by Crippen LogP contribution is 2.29. The fourth-order valence-corrected chi connectivity index (χ4v) is 2.74. The summed E-state index contributed by atoms with van der Waals surface area (Å²) in [5.41, 5.74) is 1.70. The van der Waals surface area contributed by atoms with Crippen LogP contribution < -0.4 is 5.32 Å². The predicted molar refractivity (Wildman–Crippen MR) is 91.4 cm³/mol. The maximum atomic E-state index is 12.6. The Balaban J connectivity index is 2.30. The molecule has 0 radical (unpaired) electrons. The third kappa shape index (κ3) is 4.33. The molecule has 0 saturated heterocycles. The topological polar surface area (TPSA) is 67.2 Å². The number of benzene rings is 1. The van der Waals surface area contributed by atoms with Crippen LogP contribution >= 0.6 is 11.6 Å². The number of carbonyl (C=O) groups excluding carboxylic acids is 1. The number of hydrogen-bond acceptors (Lipinski definition) is 3. The van der Waals surface area contributed by atoms with Gasteiger partial charge in [-0.2, -0.15) is 5.10 Å². The van der Waals surface area contributed by atoms with Crippen LogP contribution in [0.1, 0.15) is 30.6 Å². The molecule has 23 heavy (non-hydrogen) atoms. The molecule has 1 aromatic carbocycles. The number of halogens is 1. The summed E-state index contributed by atoms with van der Waals surface area (Å²) < 4.78 is 1.59. The molecule has 0 saturated carbocycles. The normalized spacial score (nSPS) is 12.4. The zero-order valence-electron chi connectivity index (χ0n) is 13.6. The molecule has 2 rings (SSSR count). The first-order valence-electron chi connectivity index (χ1n) is 7.62. The minimum absolute atomic E-state index is 0.0917. The second kappa shape index (κ2) is 7.62. The molecular weight excluding hydrogens is 314 g/mol. The average molecular weight is 336 g/mol. The van der Waals surface area contributed by atoms with E-state index in [2.05, 4.69) is 10.4 Å². The monoisotopic (exact) mass is 335 g/mol. The molecule has 0 spiro atoms. The van der Waals surface area contributed by atoms with Crippen LogP contribution in [0.5, 0.6) is 0 Å². The number of aryl methyl sites for hydroxylation is 1. The molecule has 6 heteroatoms. The minimum Gasteiger partial charge on any atom is -0.394 e. The Bertz CT molecular complexity index is 682. The summed E-state index contributed by atoms with van der Waals surface area (Å²) >= 11 is 6.23. The molecule has 0 aliphatic rings. The van der Waals surface area contributed by atoms with Crippen molar-refractivity contribution < 1.29 is 9.90 Å². The Kier molecular flexibility index (Phi) is 5.80. The number of aromatic nitrogens is 2. The van der Waals surface area contributed by atoms with Gasteiger partial charge in [-0.1, -0.05) is 43.6 Å². The van der Waals surface area contributed by atoms with Crippen molar-refractivity contribution in [2.24, 2.45) is 13.0 Å². The maximum absolute atomic E-state index is 12.6. The second-order valence-electron chi connectivity index (χ2n) is 6.03. The van der Waals surface area contributed by atoms with Gasteiger partial charge in [0.25, 0.3) is 5.91 Å². The maximum Gasteiger partial charge on any atom is 0.255 e. The van der Waals surface area contributed by atoms with Crippen LogP contribution in [0.25, 0.3) is 11.3 Å². The van der Waals surface area contributed by atoms with Crippen molar-refractivity contribution in [3.05, 3.63) is 41.0 Å². The highest BCUT2D eigenvalue weighted by atomic mass is 35.5.